The van der Waals surface area contributed by atoms with Crippen LogP contribution >= 0.6 is 0 Å². The van der Waals surface area contributed by atoms with Gasteiger partial charge in [0.2, 0.25) is 0 Å². The van der Waals surface area contributed by atoms with Gasteiger partial charge in [-0.05, 0) is 25.3 Å². The van der Waals surface area contributed by atoms with E-state index in [2.05, 4.69) is 4.74 Å². The van der Waals surface area contributed by atoms with Crippen molar-refractivity contribution in [3.05, 3.63) is 0 Å². The van der Waals surface area contributed by atoms with Gasteiger partial charge < -0.3 is 10.5 Å². The first-order valence-electron chi connectivity index (χ1n) is 5.05. The highest BCUT2D eigenvalue weighted by molar-refractivity contribution is 4.78. The van der Waals surface area contributed by atoms with Gasteiger partial charge in [-0.1, -0.05) is 6.42 Å². The lowest BCUT2D eigenvalue weighted by Crippen LogP contribution is -2.27. The van der Waals surface area contributed by atoms with Crippen LogP contribution in [0.25, 0.3) is 0 Å². The van der Waals surface area contributed by atoms with Crippen LogP contribution in [0.5, 0.6) is 0 Å². The maximum absolute atomic E-state index is 11.6. The second-order valence-electron chi connectivity index (χ2n) is 3.63. The summed E-state index contributed by atoms with van der Waals surface area (Å²) >= 11 is 0. The number of halogens is 3. The number of ether oxygens (including phenoxy) is 2. The molecule has 1 aliphatic carbocycles. The molecule has 0 bridgehead atoms. The number of hydrogen-bond acceptors (Lipinski definition) is 3. The first-order valence-corrected chi connectivity index (χ1v) is 5.05. The molecule has 1 rings (SSSR count). The summed E-state index contributed by atoms with van der Waals surface area (Å²) < 4.78 is 43.7. The second kappa shape index (κ2) is 5.67. The fraction of sp³-hybridized carbons (Fsp3) is 1.00. The van der Waals surface area contributed by atoms with Crippen LogP contribution in [0.4, 0.5) is 13.2 Å². The Hall–Kier alpha value is -0.330. The molecule has 0 aromatic rings. The predicted octanol–water partition coefficient (Wildman–Crippen LogP) is 1.67. The number of rotatable bonds is 5. The molecule has 2 atom stereocenters. The van der Waals surface area contributed by atoms with Gasteiger partial charge in [-0.3, -0.25) is 4.74 Å². The normalized spacial score (nSPS) is 27.2. The van der Waals surface area contributed by atoms with E-state index in [0.717, 1.165) is 19.3 Å². The van der Waals surface area contributed by atoms with Crippen LogP contribution in [0.2, 0.25) is 0 Å². The molecule has 2 N–H and O–H groups in total. The Labute approximate surface area is 86.7 Å². The Morgan fingerprint density at radius 3 is 2.53 bits per heavy atom. The number of nitrogens with two attached hydrogens (primary N) is 1. The zero-order chi connectivity index (χ0) is 11.3. The lowest BCUT2D eigenvalue weighted by molar-refractivity contribution is -0.327. The molecule has 0 aliphatic heterocycles. The van der Waals surface area contributed by atoms with Gasteiger partial charge in [0.15, 0.2) is 0 Å². The Bertz CT molecular complexity index is 187. The molecule has 1 aliphatic rings. The Morgan fingerprint density at radius 2 is 1.93 bits per heavy atom. The fourth-order valence-electron chi connectivity index (χ4n) is 1.85. The van der Waals surface area contributed by atoms with Gasteiger partial charge in [-0.2, -0.15) is 0 Å². The molecule has 1 fully saturated rings. The van der Waals surface area contributed by atoms with Gasteiger partial charge in [0.1, 0.15) is 0 Å². The molecule has 0 heterocycles. The summed E-state index contributed by atoms with van der Waals surface area (Å²) in [6, 6.07) is 0. The Balaban J connectivity index is 2.09. The van der Waals surface area contributed by atoms with Crippen molar-refractivity contribution in [2.75, 3.05) is 19.8 Å². The molecular weight excluding hydrogens is 211 g/mol. The van der Waals surface area contributed by atoms with E-state index in [4.69, 9.17) is 10.5 Å². The van der Waals surface area contributed by atoms with E-state index >= 15 is 0 Å². The van der Waals surface area contributed by atoms with Crippen molar-refractivity contribution in [3.63, 3.8) is 0 Å². The molecule has 0 spiro atoms. The van der Waals surface area contributed by atoms with Gasteiger partial charge in [-0.15, -0.1) is 13.2 Å². The monoisotopic (exact) mass is 227 g/mol. The molecule has 15 heavy (non-hydrogen) atoms. The number of hydrogen-bond donors (Lipinski definition) is 1. The van der Waals surface area contributed by atoms with E-state index in [1.54, 1.807) is 0 Å². The minimum Gasteiger partial charge on any atom is -0.375 e. The van der Waals surface area contributed by atoms with Gasteiger partial charge in [0, 0.05) is 0 Å². The van der Waals surface area contributed by atoms with Crippen molar-refractivity contribution in [2.24, 2.45) is 11.7 Å². The van der Waals surface area contributed by atoms with Gasteiger partial charge >= 0.3 is 6.36 Å². The molecule has 90 valence electrons. The standard InChI is InChI=1S/C9H16F3NO2/c10-9(11,12)15-5-4-14-8-3-1-2-7(8)6-13/h7-8H,1-6,13H2. The van der Waals surface area contributed by atoms with Crippen LogP contribution in [0.15, 0.2) is 0 Å². The first kappa shape index (κ1) is 12.7. The quantitative estimate of drug-likeness (QED) is 0.726. The Morgan fingerprint density at radius 1 is 1.20 bits per heavy atom. The van der Waals surface area contributed by atoms with Crippen molar-refractivity contribution < 1.29 is 22.6 Å². The van der Waals surface area contributed by atoms with E-state index in [0.29, 0.717) is 6.54 Å². The van der Waals surface area contributed by atoms with E-state index < -0.39 is 13.0 Å². The summed E-state index contributed by atoms with van der Waals surface area (Å²) in [7, 11) is 0. The van der Waals surface area contributed by atoms with Crippen molar-refractivity contribution in [2.45, 2.75) is 31.7 Å². The van der Waals surface area contributed by atoms with E-state index in [9.17, 15) is 13.2 Å². The average molecular weight is 227 g/mol. The van der Waals surface area contributed by atoms with Crippen molar-refractivity contribution in [3.8, 4) is 0 Å². The lowest BCUT2D eigenvalue weighted by Gasteiger charge is -2.18. The van der Waals surface area contributed by atoms with Gasteiger partial charge in [-0.25, -0.2) is 0 Å². The highest BCUT2D eigenvalue weighted by Crippen LogP contribution is 2.27. The predicted molar refractivity (Wildman–Crippen MR) is 48.1 cm³/mol. The number of alkyl halides is 3. The molecule has 0 radical (unpaired) electrons. The van der Waals surface area contributed by atoms with Crippen LogP contribution in [0, 0.1) is 5.92 Å². The molecular formula is C9H16F3NO2. The summed E-state index contributed by atoms with van der Waals surface area (Å²) in [4.78, 5) is 0. The molecule has 0 saturated heterocycles. The molecule has 6 heteroatoms. The summed E-state index contributed by atoms with van der Waals surface area (Å²) in [5.74, 6) is 0.288. The minimum absolute atomic E-state index is 0.00633. The summed E-state index contributed by atoms with van der Waals surface area (Å²) in [6.07, 6.45) is -1.64. The second-order valence-corrected chi connectivity index (χ2v) is 3.63. The molecule has 1 saturated carbocycles. The van der Waals surface area contributed by atoms with Crippen LogP contribution in [0.1, 0.15) is 19.3 Å². The molecule has 0 aromatic heterocycles. The average Bonchev–Trinajstić information content (AvgIpc) is 2.58. The van der Waals surface area contributed by atoms with Gasteiger partial charge in [0.25, 0.3) is 0 Å². The summed E-state index contributed by atoms with van der Waals surface area (Å²) in [5, 5.41) is 0. The van der Waals surface area contributed by atoms with Crippen molar-refractivity contribution in [1.29, 1.82) is 0 Å². The van der Waals surface area contributed by atoms with Crippen LogP contribution < -0.4 is 5.73 Å². The third kappa shape index (κ3) is 4.81. The molecule has 0 amide bonds. The van der Waals surface area contributed by atoms with Crippen molar-refractivity contribution >= 4 is 0 Å². The largest absolute Gasteiger partial charge is 0.522 e. The van der Waals surface area contributed by atoms with E-state index in [1.807, 2.05) is 0 Å². The zero-order valence-corrected chi connectivity index (χ0v) is 8.43. The SMILES string of the molecule is NCC1CCCC1OCCOC(F)(F)F. The minimum atomic E-state index is -4.56. The van der Waals surface area contributed by atoms with E-state index in [-0.39, 0.29) is 18.6 Å². The third-order valence-electron chi connectivity index (χ3n) is 2.57. The molecule has 3 nitrogen and oxygen atoms in total. The molecule has 2 unspecified atom stereocenters. The Kier molecular flexibility index (Phi) is 4.82. The smallest absolute Gasteiger partial charge is 0.375 e. The van der Waals surface area contributed by atoms with Gasteiger partial charge in [0.05, 0.1) is 19.3 Å². The zero-order valence-electron chi connectivity index (χ0n) is 8.43. The van der Waals surface area contributed by atoms with Crippen molar-refractivity contribution in [1.82, 2.24) is 0 Å². The first-order chi connectivity index (χ1) is 7.03. The summed E-state index contributed by atoms with van der Waals surface area (Å²) in [5.41, 5.74) is 5.51. The van der Waals surface area contributed by atoms with Crippen LogP contribution in [0.3, 0.4) is 0 Å². The summed E-state index contributed by atoms with van der Waals surface area (Å²) in [6.45, 7) is 0.0583. The third-order valence-corrected chi connectivity index (χ3v) is 2.57. The lowest BCUT2D eigenvalue weighted by atomic mass is 10.1. The maximum Gasteiger partial charge on any atom is 0.522 e. The van der Waals surface area contributed by atoms with E-state index in [1.165, 1.54) is 0 Å². The van der Waals surface area contributed by atoms with Crippen LogP contribution in [-0.2, 0) is 9.47 Å². The maximum atomic E-state index is 11.6. The molecule has 0 aromatic carbocycles. The fourth-order valence-corrected chi connectivity index (χ4v) is 1.85. The highest BCUT2D eigenvalue weighted by atomic mass is 19.4. The van der Waals surface area contributed by atoms with Crippen LogP contribution in [-0.4, -0.2) is 32.2 Å². The topological polar surface area (TPSA) is 44.5 Å². The highest BCUT2D eigenvalue weighted by Gasteiger charge is 2.30.